The van der Waals surface area contributed by atoms with Crippen molar-refractivity contribution in [3.8, 4) is 0 Å². The van der Waals surface area contributed by atoms with E-state index in [-0.39, 0.29) is 26.6 Å². The predicted molar refractivity (Wildman–Crippen MR) is 59.8 cm³/mol. The fraction of sp³-hybridized carbons (Fsp3) is 0.222. The zero-order valence-corrected chi connectivity index (χ0v) is 9.68. The molecule has 1 aliphatic carbocycles. The summed E-state index contributed by atoms with van der Waals surface area (Å²) in [5.74, 6) is -1.45. The van der Waals surface area contributed by atoms with Gasteiger partial charge in [-0.15, -0.1) is 0 Å². The lowest BCUT2D eigenvalue weighted by Gasteiger charge is -2.15. The van der Waals surface area contributed by atoms with Crippen molar-refractivity contribution >= 4 is 44.8 Å². The third-order valence-electron chi connectivity index (χ3n) is 1.79. The average molecular weight is 275 g/mol. The Hall–Kier alpha value is -0.810. The number of hydrogen-bond acceptors (Lipinski definition) is 3. The molecule has 0 radical (unpaired) electrons. The van der Waals surface area contributed by atoms with Gasteiger partial charge in [0.1, 0.15) is 0 Å². The number of rotatable bonds is 2. The van der Waals surface area contributed by atoms with E-state index in [4.69, 9.17) is 17.3 Å². The summed E-state index contributed by atoms with van der Waals surface area (Å²) in [7, 11) is 0. The molecule has 0 saturated carbocycles. The van der Waals surface area contributed by atoms with Crippen LogP contribution in [0.3, 0.4) is 0 Å². The van der Waals surface area contributed by atoms with E-state index in [2.05, 4.69) is 15.9 Å². The molecule has 0 bridgehead atoms. The molecular weight excluding hydrogens is 268 g/mol. The van der Waals surface area contributed by atoms with Gasteiger partial charge in [-0.25, -0.2) is 4.79 Å². The molecule has 0 aromatic rings. The van der Waals surface area contributed by atoms with E-state index in [0.29, 0.717) is 0 Å². The first-order chi connectivity index (χ1) is 6.45. The lowest BCUT2D eigenvalue weighted by atomic mass is 9.95. The molecule has 1 unspecified atom stereocenters. The van der Waals surface area contributed by atoms with Gasteiger partial charge in [0.2, 0.25) is 0 Å². The standard InChI is InChI=1S/C9H7BrO3S/c1-4(11)5-2-3-6(10)8(14)7(5)9(12)13/h2-3,6H,1H3,(H,12,13). The third-order valence-corrected chi connectivity index (χ3v) is 3.32. The highest BCUT2D eigenvalue weighted by molar-refractivity contribution is 9.10. The van der Waals surface area contributed by atoms with Crippen LogP contribution in [-0.2, 0) is 9.59 Å². The number of hydrogen-bond donors (Lipinski definition) is 1. The summed E-state index contributed by atoms with van der Waals surface area (Å²) in [6.07, 6.45) is 3.15. The van der Waals surface area contributed by atoms with Crippen LogP contribution in [0.15, 0.2) is 23.3 Å². The summed E-state index contributed by atoms with van der Waals surface area (Å²) in [5, 5.41) is 8.89. The van der Waals surface area contributed by atoms with Crippen molar-refractivity contribution < 1.29 is 14.7 Å². The Morgan fingerprint density at radius 1 is 1.57 bits per heavy atom. The minimum atomic E-state index is -1.16. The van der Waals surface area contributed by atoms with Crippen LogP contribution in [0.1, 0.15) is 6.92 Å². The van der Waals surface area contributed by atoms with E-state index in [0.717, 1.165) is 0 Å². The van der Waals surface area contributed by atoms with Gasteiger partial charge in [-0.05, 0) is 6.92 Å². The van der Waals surface area contributed by atoms with Crippen LogP contribution in [0, 0.1) is 0 Å². The van der Waals surface area contributed by atoms with Crippen molar-refractivity contribution in [3.05, 3.63) is 23.3 Å². The second-order valence-electron chi connectivity index (χ2n) is 2.78. The molecule has 14 heavy (non-hydrogen) atoms. The molecule has 1 atom stereocenters. The Labute approximate surface area is 94.6 Å². The molecule has 0 aromatic carbocycles. The molecule has 0 fully saturated rings. The number of Topliss-reactive ketones (excluding diaryl/α,β-unsaturated/α-hetero) is 1. The van der Waals surface area contributed by atoms with Crippen LogP contribution >= 0.6 is 28.1 Å². The van der Waals surface area contributed by atoms with Crippen LogP contribution in [0.25, 0.3) is 0 Å². The summed E-state index contributed by atoms with van der Waals surface area (Å²) in [6, 6.07) is 0. The molecule has 1 N–H and O–H groups in total. The van der Waals surface area contributed by atoms with E-state index in [1.165, 1.54) is 13.0 Å². The number of carboxylic acid groups (broad SMARTS) is 1. The molecule has 0 amide bonds. The lowest BCUT2D eigenvalue weighted by Crippen LogP contribution is -2.24. The number of ketones is 1. The molecule has 0 heterocycles. The Balaban J connectivity index is 3.32. The Bertz CT molecular complexity index is 382. The molecule has 0 aliphatic heterocycles. The maximum absolute atomic E-state index is 11.1. The maximum Gasteiger partial charge on any atom is 0.337 e. The fourth-order valence-electron chi connectivity index (χ4n) is 1.14. The molecule has 3 nitrogen and oxygen atoms in total. The van der Waals surface area contributed by atoms with Gasteiger partial charge in [-0.3, -0.25) is 4.79 Å². The predicted octanol–water partition coefficient (Wildman–Crippen LogP) is 1.66. The minimum absolute atomic E-state index is 0.0723. The van der Waals surface area contributed by atoms with Crippen molar-refractivity contribution in [3.63, 3.8) is 0 Å². The van der Waals surface area contributed by atoms with Crippen LogP contribution in [0.5, 0.6) is 0 Å². The van der Waals surface area contributed by atoms with Crippen LogP contribution < -0.4 is 0 Å². The molecule has 0 spiro atoms. The SMILES string of the molecule is CC(=O)C1=C(C(=O)O)C(=S)C(Br)C=C1. The summed E-state index contributed by atoms with van der Waals surface area (Å²) >= 11 is 8.14. The smallest absolute Gasteiger partial charge is 0.337 e. The number of carbonyl (C=O) groups excluding carboxylic acids is 1. The highest BCUT2D eigenvalue weighted by Gasteiger charge is 2.27. The maximum atomic E-state index is 11.1. The zero-order chi connectivity index (χ0) is 10.9. The largest absolute Gasteiger partial charge is 0.478 e. The number of carbonyl (C=O) groups is 2. The minimum Gasteiger partial charge on any atom is -0.478 e. The van der Waals surface area contributed by atoms with Crippen molar-refractivity contribution in [2.75, 3.05) is 0 Å². The number of aliphatic carboxylic acids is 1. The van der Waals surface area contributed by atoms with E-state index in [1.807, 2.05) is 0 Å². The number of allylic oxidation sites excluding steroid dienone is 3. The number of carboxylic acids is 1. The van der Waals surface area contributed by atoms with Crippen molar-refractivity contribution in [2.45, 2.75) is 11.8 Å². The van der Waals surface area contributed by atoms with Crippen molar-refractivity contribution in [2.24, 2.45) is 0 Å². The van der Waals surface area contributed by atoms with Crippen LogP contribution in [0.4, 0.5) is 0 Å². The average Bonchev–Trinajstić information content (AvgIpc) is 2.08. The van der Waals surface area contributed by atoms with Crippen LogP contribution in [-0.4, -0.2) is 26.6 Å². The zero-order valence-electron chi connectivity index (χ0n) is 7.28. The quantitative estimate of drug-likeness (QED) is 0.615. The van der Waals surface area contributed by atoms with Crippen molar-refractivity contribution in [1.82, 2.24) is 0 Å². The van der Waals surface area contributed by atoms with Gasteiger partial charge in [0.05, 0.1) is 10.4 Å². The van der Waals surface area contributed by atoms with Gasteiger partial charge in [0.15, 0.2) is 5.78 Å². The molecule has 1 aliphatic rings. The highest BCUT2D eigenvalue weighted by Crippen LogP contribution is 2.23. The first-order valence-corrected chi connectivity index (χ1v) is 5.12. The molecular formula is C9H7BrO3S. The summed E-state index contributed by atoms with van der Waals surface area (Å²) < 4.78 is 0. The molecule has 0 saturated heterocycles. The summed E-state index contributed by atoms with van der Waals surface area (Å²) in [6.45, 7) is 1.32. The normalized spacial score (nSPS) is 21.3. The van der Waals surface area contributed by atoms with Gasteiger partial charge in [0, 0.05) is 10.4 Å². The number of thiocarbonyl (C=S) groups is 1. The van der Waals surface area contributed by atoms with Crippen LogP contribution in [0.2, 0.25) is 0 Å². The molecule has 1 rings (SSSR count). The monoisotopic (exact) mass is 274 g/mol. The Morgan fingerprint density at radius 3 is 2.57 bits per heavy atom. The lowest BCUT2D eigenvalue weighted by molar-refractivity contribution is -0.132. The first-order valence-electron chi connectivity index (χ1n) is 3.80. The van der Waals surface area contributed by atoms with Gasteiger partial charge in [-0.1, -0.05) is 40.3 Å². The van der Waals surface area contributed by atoms with E-state index >= 15 is 0 Å². The fourth-order valence-corrected chi connectivity index (χ4v) is 1.79. The molecule has 74 valence electrons. The van der Waals surface area contributed by atoms with Gasteiger partial charge in [-0.2, -0.15) is 0 Å². The van der Waals surface area contributed by atoms with E-state index in [9.17, 15) is 9.59 Å². The summed E-state index contributed by atoms with van der Waals surface area (Å²) in [4.78, 5) is 21.9. The Kier molecular flexibility index (Phi) is 3.34. The second kappa shape index (κ2) is 4.14. The van der Waals surface area contributed by atoms with Gasteiger partial charge in [0.25, 0.3) is 0 Å². The number of alkyl halides is 1. The van der Waals surface area contributed by atoms with Gasteiger partial charge >= 0.3 is 5.97 Å². The highest BCUT2D eigenvalue weighted by atomic mass is 79.9. The summed E-state index contributed by atoms with van der Waals surface area (Å²) in [5.41, 5.74) is 0.0927. The number of halogens is 1. The third kappa shape index (κ3) is 1.99. The topological polar surface area (TPSA) is 54.4 Å². The Morgan fingerprint density at radius 2 is 2.14 bits per heavy atom. The molecule has 5 heteroatoms. The van der Waals surface area contributed by atoms with Gasteiger partial charge < -0.3 is 5.11 Å². The van der Waals surface area contributed by atoms with E-state index < -0.39 is 5.97 Å². The van der Waals surface area contributed by atoms with E-state index in [1.54, 1.807) is 6.08 Å². The molecule has 0 aromatic heterocycles. The van der Waals surface area contributed by atoms with Crippen molar-refractivity contribution in [1.29, 1.82) is 0 Å². The second-order valence-corrected chi connectivity index (χ2v) is 4.20. The first kappa shape index (κ1) is 11.3.